The van der Waals surface area contributed by atoms with Crippen molar-refractivity contribution in [2.45, 2.75) is 13.5 Å². The van der Waals surface area contributed by atoms with Gasteiger partial charge in [-0.1, -0.05) is 0 Å². The van der Waals surface area contributed by atoms with Crippen LogP contribution in [-0.4, -0.2) is 15.0 Å². The average molecular weight is 279 g/mol. The number of anilines is 1. The molecule has 2 aromatic heterocycles. The molecule has 4 nitrogen and oxygen atoms in total. The Morgan fingerprint density at radius 1 is 1.25 bits per heavy atom. The summed E-state index contributed by atoms with van der Waals surface area (Å²) in [6.07, 6.45) is 3.54. The van der Waals surface area contributed by atoms with Gasteiger partial charge in [0, 0.05) is 6.20 Å². The van der Waals surface area contributed by atoms with Crippen LogP contribution in [0.3, 0.4) is 0 Å². The zero-order valence-electron chi connectivity index (χ0n) is 8.81. The highest BCUT2D eigenvalue weighted by atomic mass is 79.9. The number of nitrogens with one attached hydrogen (secondary N) is 1. The number of rotatable bonds is 3. The van der Waals surface area contributed by atoms with E-state index in [0.29, 0.717) is 6.54 Å². The van der Waals surface area contributed by atoms with Gasteiger partial charge < -0.3 is 5.32 Å². The minimum Gasteiger partial charge on any atom is -0.378 e. The number of nitrogens with zero attached hydrogens (tertiary/aromatic N) is 3. The van der Waals surface area contributed by atoms with E-state index in [9.17, 15) is 0 Å². The van der Waals surface area contributed by atoms with E-state index in [2.05, 4.69) is 36.2 Å². The molecule has 16 heavy (non-hydrogen) atoms. The van der Waals surface area contributed by atoms with Gasteiger partial charge in [0.15, 0.2) is 0 Å². The van der Waals surface area contributed by atoms with E-state index in [4.69, 9.17) is 0 Å². The smallest absolute Gasteiger partial charge is 0.125 e. The molecule has 0 aliphatic rings. The molecule has 0 bridgehead atoms. The van der Waals surface area contributed by atoms with Gasteiger partial charge in [0.05, 0.1) is 24.1 Å². The molecule has 2 aromatic rings. The first-order valence-corrected chi connectivity index (χ1v) is 5.67. The molecule has 0 spiro atoms. The average Bonchev–Trinajstić information content (AvgIpc) is 2.28. The minimum atomic E-state index is 0.673. The third-order valence-electron chi connectivity index (χ3n) is 2.03. The van der Waals surface area contributed by atoms with Crippen molar-refractivity contribution in [1.82, 2.24) is 15.0 Å². The van der Waals surface area contributed by atoms with Crippen LogP contribution < -0.4 is 5.32 Å². The van der Waals surface area contributed by atoms with Crippen LogP contribution in [0.1, 0.15) is 11.5 Å². The lowest BCUT2D eigenvalue weighted by molar-refractivity contribution is 0.954. The molecule has 0 radical (unpaired) electrons. The molecule has 2 rings (SSSR count). The summed E-state index contributed by atoms with van der Waals surface area (Å²) in [5.74, 6) is 0.785. The normalized spacial score (nSPS) is 10.1. The topological polar surface area (TPSA) is 50.7 Å². The van der Waals surface area contributed by atoms with Crippen LogP contribution in [0, 0.1) is 6.92 Å². The zero-order valence-corrected chi connectivity index (χ0v) is 10.4. The molecule has 0 fully saturated rings. The number of aromatic nitrogens is 3. The molecule has 1 N–H and O–H groups in total. The van der Waals surface area contributed by atoms with Crippen LogP contribution in [-0.2, 0) is 6.54 Å². The fourth-order valence-electron chi connectivity index (χ4n) is 1.28. The third kappa shape index (κ3) is 3.00. The summed E-state index contributed by atoms with van der Waals surface area (Å²) in [6.45, 7) is 2.55. The summed E-state index contributed by atoms with van der Waals surface area (Å²) < 4.78 is 0.830. The van der Waals surface area contributed by atoms with Gasteiger partial charge >= 0.3 is 0 Å². The van der Waals surface area contributed by atoms with E-state index in [1.165, 1.54) is 0 Å². The standard InChI is InChI=1S/C11H11BrN4/c1-8-13-5-4-10(16-8)7-14-9-2-3-11(12)15-6-9/h2-6,14H,7H2,1H3. The molecule has 0 saturated heterocycles. The Labute approximate surface area is 102 Å². The minimum absolute atomic E-state index is 0.673. The molecular weight excluding hydrogens is 268 g/mol. The van der Waals surface area contributed by atoms with Gasteiger partial charge in [-0.15, -0.1) is 0 Å². The Kier molecular flexibility index (Phi) is 3.46. The van der Waals surface area contributed by atoms with E-state index >= 15 is 0 Å². The van der Waals surface area contributed by atoms with Crippen molar-refractivity contribution in [2.24, 2.45) is 0 Å². The molecule has 0 saturated carbocycles. The van der Waals surface area contributed by atoms with Crippen molar-refractivity contribution < 1.29 is 0 Å². The van der Waals surface area contributed by atoms with Crippen molar-refractivity contribution in [3.63, 3.8) is 0 Å². The van der Waals surface area contributed by atoms with Gasteiger partial charge in [-0.05, 0) is 41.1 Å². The van der Waals surface area contributed by atoms with Gasteiger partial charge in [-0.3, -0.25) is 0 Å². The molecular formula is C11H11BrN4. The van der Waals surface area contributed by atoms with Crippen molar-refractivity contribution >= 4 is 21.6 Å². The lowest BCUT2D eigenvalue weighted by Gasteiger charge is -2.05. The second-order valence-electron chi connectivity index (χ2n) is 3.32. The summed E-state index contributed by atoms with van der Waals surface area (Å²) in [4.78, 5) is 12.5. The lowest BCUT2D eigenvalue weighted by Crippen LogP contribution is -2.03. The lowest BCUT2D eigenvalue weighted by atomic mass is 10.3. The molecule has 0 unspecified atom stereocenters. The predicted molar refractivity (Wildman–Crippen MR) is 66.0 cm³/mol. The van der Waals surface area contributed by atoms with Gasteiger partial charge in [-0.25, -0.2) is 15.0 Å². The molecule has 82 valence electrons. The molecule has 5 heteroatoms. The molecule has 0 amide bonds. The fraction of sp³-hybridized carbons (Fsp3) is 0.182. The van der Waals surface area contributed by atoms with Gasteiger partial charge in [0.1, 0.15) is 10.4 Å². The van der Waals surface area contributed by atoms with Gasteiger partial charge in [0.2, 0.25) is 0 Å². The Balaban J connectivity index is 1.99. The maximum Gasteiger partial charge on any atom is 0.125 e. The van der Waals surface area contributed by atoms with Crippen molar-refractivity contribution in [3.8, 4) is 0 Å². The Morgan fingerprint density at radius 3 is 2.81 bits per heavy atom. The quantitative estimate of drug-likeness (QED) is 0.877. The van der Waals surface area contributed by atoms with Crippen LogP contribution in [0.15, 0.2) is 35.2 Å². The van der Waals surface area contributed by atoms with E-state index < -0.39 is 0 Å². The van der Waals surface area contributed by atoms with Crippen molar-refractivity contribution in [1.29, 1.82) is 0 Å². The highest BCUT2D eigenvalue weighted by Crippen LogP contribution is 2.11. The van der Waals surface area contributed by atoms with E-state index in [-0.39, 0.29) is 0 Å². The summed E-state index contributed by atoms with van der Waals surface area (Å²) in [7, 11) is 0. The van der Waals surface area contributed by atoms with E-state index in [0.717, 1.165) is 21.8 Å². The van der Waals surface area contributed by atoms with E-state index in [1.54, 1.807) is 12.4 Å². The molecule has 0 aromatic carbocycles. The first-order chi connectivity index (χ1) is 7.74. The highest BCUT2D eigenvalue weighted by molar-refractivity contribution is 9.10. The summed E-state index contributed by atoms with van der Waals surface area (Å²) >= 11 is 3.29. The molecule has 0 aliphatic heterocycles. The number of halogens is 1. The van der Waals surface area contributed by atoms with Crippen LogP contribution >= 0.6 is 15.9 Å². The van der Waals surface area contributed by atoms with E-state index in [1.807, 2.05) is 25.1 Å². The first kappa shape index (κ1) is 11.0. The second-order valence-corrected chi connectivity index (χ2v) is 4.13. The van der Waals surface area contributed by atoms with Crippen LogP contribution in [0.5, 0.6) is 0 Å². The predicted octanol–water partition coefficient (Wildman–Crippen LogP) is 2.55. The largest absolute Gasteiger partial charge is 0.378 e. The Hall–Kier alpha value is -1.49. The number of aryl methyl sites for hydroxylation is 1. The second kappa shape index (κ2) is 5.03. The molecule has 0 atom stereocenters. The first-order valence-electron chi connectivity index (χ1n) is 4.88. The Bertz CT molecular complexity index is 470. The van der Waals surface area contributed by atoms with Gasteiger partial charge in [-0.2, -0.15) is 0 Å². The summed E-state index contributed by atoms with van der Waals surface area (Å²) in [6, 6.07) is 5.75. The fourth-order valence-corrected chi connectivity index (χ4v) is 1.51. The SMILES string of the molecule is Cc1nccc(CNc2ccc(Br)nc2)n1. The van der Waals surface area contributed by atoms with Crippen LogP contribution in [0.25, 0.3) is 0 Å². The maximum absolute atomic E-state index is 4.30. The molecule has 0 aliphatic carbocycles. The summed E-state index contributed by atoms with van der Waals surface area (Å²) in [5, 5.41) is 3.24. The number of hydrogen-bond acceptors (Lipinski definition) is 4. The van der Waals surface area contributed by atoms with Gasteiger partial charge in [0.25, 0.3) is 0 Å². The maximum atomic E-state index is 4.30. The number of hydrogen-bond donors (Lipinski definition) is 1. The van der Waals surface area contributed by atoms with Crippen LogP contribution in [0.4, 0.5) is 5.69 Å². The highest BCUT2D eigenvalue weighted by Gasteiger charge is 1.96. The zero-order chi connectivity index (χ0) is 11.4. The molecule has 2 heterocycles. The van der Waals surface area contributed by atoms with Crippen molar-refractivity contribution in [2.75, 3.05) is 5.32 Å². The van der Waals surface area contributed by atoms with Crippen LogP contribution in [0.2, 0.25) is 0 Å². The summed E-state index contributed by atoms with van der Waals surface area (Å²) in [5.41, 5.74) is 1.94. The number of pyridine rings is 1. The third-order valence-corrected chi connectivity index (χ3v) is 2.50. The monoisotopic (exact) mass is 278 g/mol. The van der Waals surface area contributed by atoms with Crippen molar-refractivity contribution in [3.05, 3.63) is 46.7 Å². The Morgan fingerprint density at radius 2 is 2.12 bits per heavy atom.